The summed E-state index contributed by atoms with van der Waals surface area (Å²) >= 11 is 1.56. The first-order valence-electron chi connectivity index (χ1n) is 5.29. The Bertz CT molecular complexity index is 472. The van der Waals surface area contributed by atoms with E-state index in [0.29, 0.717) is 6.61 Å². The number of hydrogen-bond acceptors (Lipinski definition) is 5. The van der Waals surface area contributed by atoms with Crippen molar-refractivity contribution in [2.75, 3.05) is 12.3 Å². The fraction of sp³-hybridized carbons (Fsp3) is 0.273. The summed E-state index contributed by atoms with van der Waals surface area (Å²) in [6.45, 7) is 2.60. The summed E-state index contributed by atoms with van der Waals surface area (Å²) in [6, 6.07) is 5.66. The zero-order valence-corrected chi connectivity index (χ0v) is 10.3. The van der Waals surface area contributed by atoms with Gasteiger partial charge in [-0.25, -0.2) is 4.98 Å². The molecule has 0 atom stereocenters. The number of thioether (sulfide) groups is 1. The summed E-state index contributed by atoms with van der Waals surface area (Å²) in [5, 5.41) is 7.39. The van der Waals surface area contributed by atoms with Gasteiger partial charge in [0.25, 0.3) is 0 Å². The number of rotatable bonds is 5. The maximum absolute atomic E-state index is 5.77. The van der Waals surface area contributed by atoms with Crippen molar-refractivity contribution in [1.29, 1.82) is 0 Å². The van der Waals surface area contributed by atoms with E-state index in [-0.39, 0.29) is 0 Å². The molecule has 1 aromatic carbocycles. The van der Waals surface area contributed by atoms with Gasteiger partial charge < -0.3 is 10.5 Å². The SMILES string of the molecule is CCOc1ccc(N)cc1CSc1ncn[nH]1. The Balaban J connectivity index is 2.10. The van der Waals surface area contributed by atoms with Crippen molar-refractivity contribution in [3.8, 4) is 5.75 Å². The number of aromatic nitrogens is 3. The van der Waals surface area contributed by atoms with E-state index in [1.165, 1.54) is 6.33 Å². The maximum atomic E-state index is 5.77. The molecule has 3 N–H and O–H groups in total. The second kappa shape index (κ2) is 5.58. The van der Waals surface area contributed by atoms with Crippen molar-refractivity contribution >= 4 is 17.4 Å². The van der Waals surface area contributed by atoms with Gasteiger partial charge in [-0.1, -0.05) is 11.8 Å². The van der Waals surface area contributed by atoms with E-state index >= 15 is 0 Å². The molecular formula is C11H14N4OS. The molecule has 6 heteroatoms. The average molecular weight is 250 g/mol. The number of nitrogen functional groups attached to an aromatic ring is 1. The topological polar surface area (TPSA) is 76.8 Å². The number of hydrogen-bond donors (Lipinski definition) is 2. The normalized spacial score (nSPS) is 10.4. The van der Waals surface area contributed by atoms with Crippen LogP contribution in [-0.2, 0) is 5.75 Å². The number of nitrogens with two attached hydrogens (primary N) is 1. The van der Waals surface area contributed by atoms with Gasteiger partial charge in [0.05, 0.1) is 6.61 Å². The van der Waals surface area contributed by atoms with Gasteiger partial charge in [-0.2, -0.15) is 5.10 Å². The lowest BCUT2D eigenvalue weighted by atomic mass is 10.2. The summed E-state index contributed by atoms with van der Waals surface area (Å²) in [6.07, 6.45) is 1.49. The van der Waals surface area contributed by atoms with Gasteiger partial charge in [0.2, 0.25) is 0 Å². The lowest BCUT2D eigenvalue weighted by molar-refractivity contribution is 0.337. The predicted octanol–water partition coefficient (Wildman–Crippen LogP) is 2.08. The Kier molecular flexibility index (Phi) is 3.87. The minimum Gasteiger partial charge on any atom is -0.494 e. The summed E-state index contributed by atoms with van der Waals surface area (Å²) in [4.78, 5) is 4.05. The van der Waals surface area contributed by atoms with E-state index in [1.807, 2.05) is 25.1 Å². The molecule has 1 heterocycles. The van der Waals surface area contributed by atoms with Crippen LogP contribution in [0.2, 0.25) is 0 Å². The smallest absolute Gasteiger partial charge is 0.183 e. The molecule has 0 fully saturated rings. The summed E-state index contributed by atoms with van der Waals surface area (Å²) < 4.78 is 5.55. The van der Waals surface area contributed by atoms with Crippen molar-refractivity contribution in [2.45, 2.75) is 17.8 Å². The molecule has 0 amide bonds. The highest BCUT2D eigenvalue weighted by Gasteiger charge is 2.06. The van der Waals surface area contributed by atoms with Gasteiger partial charge in [0.15, 0.2) is 5.16 Å². The molecule has 17 heavy (non-hydrogen) atoms. The lowest BCUT2D eigenvalue weighted by Crippen LogP contribution is -1.97. The highest BCUT2D eigenvalue weighted by molar-refractivity contribution is 7.98. The molecule has 0 saturated heterocycles. The molecule has 90 valence electrons. The van der Waals surface area contributed by atoms with Crippen molar-refractivity contribution in [3.63, 3.8) is 0 Å². The van der Waals surface area contributed by atoms with E-state index in [2.05, 4.69) is 15.2 Å². The number of H-pyrrole nitrogens is 1. The summed E-state index contributed by atoms with van der Waals surface area (Å²) in [5.74, 6) is 1.61. The molecule has 5 nitrogen and oxygen atoms in total. The van der Waals surface area contributed by atoms with E-state index < -0.39 is 0 Å². The molecule has 0 unspecified atom stereocenters. The third-order valence-electron chi connectivity index (χ3n) is 2.14. The van der Waals surface area contributed by atoms with Crippen molar-refractivity contribution in [3.05, 3.63) is 30.1 Å². The second-order valence-electron chi connectivity index (χ2n) is 3.38. The Hall–Kier alpha value is -1.69. The fourth-order valence-corrected chi connectivity index (χ4v) is 2.18. The quantitative estimate of drug-likeness (QED) is 0.627. The van der Waals surface area contributed by atoms with E-state index in [9.17, 15) is 0 Å². The molecule has 0 aliphatic rings. The van der Waals surface area contributed by atoms with Crippen LogP contribution in [0.5, 0.6) is 5.75 Å². The van der Waals surface area contributed by atoms with Gasteiger partial charge in [-0.3, -0.25) is 5.10 Å². The third kappa shape index (κ3) is 3.13. The first kappa shape index (κ1) is 11.8. The van der Waals surface area contributed by atoms with Gasteiger partial charge in [0, 0.05) is 17.0 Å². The van der Waals surface area contributed by atoms with Crippen LogP contribution < -0.4 is 10.5 Å². The van der Waals surface area contributed by atoms with Crippen LogP contribution >= 0.6 is 11.8 Å². The van der Waals surface area contributed by atoms with Crippen LogP contribution in [0.15, 0.2) is 29.7 Å². The Morgan fingerprint density at radius 1 is 1.47 bits per heavy atom. The average Bonchev–Trinajstić information content (AvgIpc) is 2.82. The fourth-order valence-electron chi connectivity index (χ4n) is 1.42. The maximum Gasteiger partial charge on any atom is 0.183 e. The van der Waals surface area contributed by atoms with Gasteiger partial charge in [-0.15, -0.1) is 0 Å². The molecule has 0 bridgehead atoms. The lowest BCUT2D eigenvalue weighted by Gasteiger charge is -2.09. The number of aromatic amines is 1. The van der Waals surface area contributed by atoms with Crippen molar-refractivity contribution in [1.82, 2.24) is 15.2 Å². The first-order chi connectivity index (χ1) is 8.29. The summed E-state index contributed by atoms with van der Waals surface area (Å²) in [5.41, 5.74) is 7.57. The highest BCUT2D eigenvalue weighted by atomic mass is 32.2. The number of nitrogens with one attached hydrogen (secondary N) is 1. The monoisotopic (exact) mass is 250 g/mol. The molecule has 0 spiro atoms. The molecule has 0 aliphatic carbocycles. The van der Waals surface area contributed by atoms with E-state index in [1.54, 1.807) is 11.8 Å². The van der Waals surface area contributed by atoms with Crippen LogP contribution in [0.1, 0.15) is 12.5 Å². The third-order valence-corrected chi connectivity index (χ3v) is 3.07. The molecule has 0 aliphatic heterocycles. The molecule has 0 saturated carbocycles. The first-order valence-corrected chi connectivity index (χ1v) is 6.27. The minimum atomic E-state index is 0.643. The van der Waals surface area contributed by atoms with Crippen LogP contribution in [0, 0.1) is 0 Å². The molecule has 0 radical (unpaired) electrons. The Morgan fingerprint density at radius 3 is 3.06 bits per heavy atom. The molecule has 2 aromatic rings. The van der Waals surface area contributed by atoms with E-state index in [4.69, 9.17) is 10.5 Å². The second-order valence-corrected chi connectivity index (χ2v) is 4.34. The number of anilines is 1. The van der Waals surface area contributed by atoms with Crippen LogP contribution in [0.25, 0.3) is 0 Å². The van der Waals surface area contributed by atoms with Gasteiger partial charge in [-0.05, 0) is 25.1 Å². The van der Waals surface area contributed by atoms with E-state index in [0.717, 1.165) is 27.9 Å². The minimum absolute atomic E-state index is 0.643. The van der Waals surface area contributed by atoms with Gasteiger partial charge in [0.1, 0.15) is 12.1 Å². The van der Waals surface area contributed by atoms with Crippen molar-refractivity contribution < 1.29 is 4.74 Å². The molecular weight excluding hydrogens is 236 g/mol. The standard InChI is InChI=1S/C11H14N4OS/c1-2-16-10-4-3-9(12)5-8(10)6-17-11-13-7-14-15-11/h3-5,7H,2,6,12H2,1H3,(H,13,14,15). The largest absolute Gasteiger partial charge is 0.494 e. The van der Waals surface area contributed by atoms with Crippen LogP contribution in [0.4, 0.5) is 5.69 Å². The van der Waals surface area contributed by atoms with Crippen LogP contribution in [-0.4, -0.2) is 21.8 Å². The number of nitrogens with zero attached hydrogens (tertiary/aromatic N) is 2. The van der Waals surface area contributed by atoms with Gasteiger partial charge >= 0.3 is 0 Å². The van der Waals surface area contributed by atoms with Crippen LogP contribution in [0.3, 0.4) is 0 Å². The number of ether oxygens (including phenoxy) is 1. The highest BCUT2D eigenvalue weighted by Crippen LogP contribution is 2.27. The zero-order chi connectivity index (χ0) is 12.1. The predicted molar refractivity (Wildman–Crippen MR) is 68.0 cm³/mol. The Morgan fingerprint density at radius 2 is 2.35 bits per heavy atom. The Labute approximate surface area is 104 Å². The number of benzene rings is 1. The zero-order valence-electron chi connectivity index (χ0n) is 9.51. The van der Waals surface area contributed by atoms with Crippen molar-refractivity contribution in [2.24, 2.45) is 0 Å². The summed E-state index contributed by atoms with van der Waals surface area (Å²) in [7, 11) is 0. The molecule has 2 rings (SSSR count). The molecule has 1 aromatic heterocycles.